The molecule has 1 aliphatic heterocycles. The largest absolute Gasteiger partial charge is 0.463 e. The van der Waals surface area contributed by atoms with E-state index in [1.165, 1.54) is 0 Å². The van der Waals surface area contributed by atoms with Crippen LogP contribution in [0.25, 0.3) is 0 Å². The molecular formula is C14H23NO5. The first-order valence-electron chi connectivity index (χ1n) is 7.04. The van der Waals surface area contributed by atoms with Gasteiger partial charge in [-0.3, -0.25) is 4.90 Å². The Hall–Kier alpha value is -1.40. The Morgan fingerprint density at radius 2 is 1.75 bits per heavy atom. The Bertz CT molecular complexity index is 324. The predicted octanol–water partition coefficient (Wildman–Crippen LogP) is 0.761. The van der Waals surface area contributed by atoms with Crippen LogP contribution < -0.4 is 0 Å². The average molecular weight is 285 g/mol. The van der Waals surface area contributed by atoms with Gasteiger partial charge in [-0.05, 0) is 26.3 Å². The maximum Gasteiger partial charge on any atom is 0.331 e. The first-order chi connectivity index (χ1) is 9.72. The molecule has 0 atom stereocenters. The Balaban J connectivity index is 1.99. The summed E-state index contributed by atoms with van der Waals surface area (Å²) >= 11 is 0. The third-order valence-electron chi connectivity index (χ3n) is 2.86. The van der Waals surface area contributed by atoms with E-state index in [9.17, 15) is 9.59 Å². The van der Waals surface area contributed by atoms with E-state index in [-0.39, 0.29) is 0 Å². The molecule has 0 bridgehead atoms. The third kappa shape index (κ3) is 7.91. The molecule has 1 saturated heterocycles. The molecule has 0 saturated carbocycles. The molecule has 0 spiro atoms. The van der Waals surface area contributed by atoms with Gasteiger partial charge >= 0.3 is 11.9 Å². The Kier molecular flexibility index (Phi) is 8.66. The fraction of sp³-hybridized carbons (Fsp3) is 0.714. The van der Waals surface area contributed by atoms with Crippen LogP contribution in [0, 0.1) is 0 Å². The van der Waals surface area contributed by atoms with E-state index < -0.39 is 11.9 Å². The highest BCUT2D eigenvalue weighted by atomic mass is 16.5. The SMILES string of the molecule is CCOC(=O)C=CC(=O)OCCCCN1CCOCC1. The lowest BCUT2D eigenvalue weighted by Gasteiger charge is -2.26. The smallest absolute Gasteiger partial charge is 0.331 e. The highest BCUT2D eigenvalue weighted by Gasteiger charge is 2.09. The van der Waals surface area contributed by atoms with Gasteiger partial charge in [-0.15, -0.1) is 0 Å². The van der Waals surface area contributed by atoms with Crippen LogP contribution in [0.2, 0.25) is 0 Å². The minimum absolute atomic E-state index is 0.291. The summed E-state index contributed by atoms with van der Waals surface area (Å²) in [6.45, 7) is 6.92. The topological polar surface area (TPSA) is 65.1 Å². The Morgan fingerprint density at radius 3 is 2.40 bits per heavy atom. The van der Waals surface area contributed by atoms with Crippen LogP contribution in [0.4, 0.5) is 0 Å². The molecule has 0 aromatic heterocycles. The Morgan fingerprint density at radius 1 is 1.10 bits per heavy atom. The number of carbonyl (C=O) groups is 2. The lowest BCUT2D eigenvalue weighted by atomic mass is 10.3. The summed E-state index contributed by atoms with van der Waals surface area (Å²) in [6.07, 6.45) is 3.98. The minimum Gasteiger partial charge on any atom is -0.463 e. The molecule has 1 fully saturated rings. The van der Waals surface area contributed by atoms with Crippen molar-refractivity contribution in [1.82, 2.24) is 4.90 Å². The van der Waals surface area contributed by atoms with Gasteiger partial charge in [-0.1, -0.05) is 0 Å². The highest BCUT2D eigenvalue weighted by Crippen LogP contribution is 2.00. The van der Waals surface area contributed by atoms with E-state index in [0.717, 1.165) is 57.8 Å². The minimum atomic E-state index is -0.531. The zero-order chi connectivity index (χ0) is 14.6. The van der Waals surface area contributed by atoms with E-state index in [4.69, 9.17) is 9.47 Å². The van der Waals surface area contributed by atoms with Crippen LogP contribution in [0.1, 0.15) is 19.8 Å². The molecule has 1 rings (SSSR count). The van der Waals surface area contributed by atoms with Crippen molar-refractivity contribution in [3.05, 3.63) is 12.2 Å². The Labute approximate surface area is 119 Å². The molecule has 0 unspecified atom stereocenters. The van der Waals surface area contributed by atoms with Crippen molar-refractivity contribution >= 4 is 11.9 Å². The van der Waals surface area contributed by atoms with E-state index in [1.54, 1.807) is 6.92 Å². The van der Waals surface area contributed by atoms with E-state index in [1.807, 2.05) is 0 Å². The molecule has 20 heavy (non-hydrogen) atoms. The monoisotopic (exact) mass is 285 g/mol. The lowest BCUT2D eigenvalue weighted by molar-refractivity contribution is -0.140. The van der Waals surface area contributed by atoms with E-state index in [0.29, 0.717) is 13.2 Å². The summed E-state index contributed by atoms with van der Waals surface area (Å²) in [5.41, 5.74) is 0. The number of hydrogen-bond acceptors (Lipinski definition) is 6. The van der Waals surface area contributed by atoms with Crippen LogP contribution in [0.5, 0.6) is 0 Å². The quantitative estimate of drug-likeness (QED) is 0.373. The van der Waals surface area contributed by atoms with Gasteiger partial charge in [0.15, 0.2) is 0 Å². The van der Waals surface area contributed by atoms with Gasteiger partial charge in [0.2, 0.25) is 0 Å². The van der Waals surface area contributed by atoms with Crippen molar-refractivity contribution in [3.63, 3.8) is 0 Å². The van der Waals surface area contributed by atoms with Crippen molar-refractivity contribution in [2.45, 2.75) is 19.8 Å². The molecular weight excluding hydrogens is 262 g/mol. The second kappa shape index (κ2) is 10.4. The van der Waals surface area contributed by atoms with Crippen LogP contribution >= 0.6 is 0 Å². The first kappa shape index (κ1) is 16.7. The molecule has 0 aliphatic carbocycles. The summed E-state index contributed by atoms with van der Waals surface area (Å²) in [5.74, 6) is -1.04. The van der Waals surface area contributed by atoms with E-state index in [2.05, 4.69) is 9.64 Å². The fourth-order valence-electron chi connectivity index (χ4n) is 1.81. The normalized spacial score (nSPS) is 16.2. The van der Waals surface area contributed by atoms with Gasteiger partial charge in [0, 0.05) is 25.2 Å². The van der Waals surface area contributed by atoms with Gasteiger partial charge in [0.05, 0.1) is 26.4 Å². The van der Waals surface area contributed by atoms with Gasteiger partial charge in [-0.25, -0.2) is 9.59 Å². The fourth-order valence-corrected chi connectivity index (χ4v) is 1.81. The van der Waals surface area contributed by atoms with Crippen molar-refractivity contribution in [2.75, 3.05) is 46.1 Å². The summed E-state index contributed by atoms with van der Waals surface area (Å²) in [4.78, 5) is 24.6. The van der Waals surface area contributed by atoms with Gasteiger partial charge in [0.1, 0.15) is 0 Å². The van der Waals surface area contributed by atoms with Gasteiger partial charge in [0.25, 0.3) is 0 Å². The first-order valence-corrected chi connectivity index (χ1v) is 7.04. The predicted molar refractivity (Wildman–Crippen MR) is 73.2 cm³/mol. The van der Waals surface area contributed by atoms with Crippen LogP contribution in [0.3, 0.4) is 0 Å². The number of hydrogen-bond donors (Lipinski definition) is 0. The molecule has 0 radical (unpaired) electrons. The average Bonchev–Trinajstić information content (AvgIpc) is 2.46. The summed E-state index contributed by atoms with van der Waals surface area (Å²) in [5, 5.41) is 0. The van der Waals surface area contributed by atoms with Crippen LogP contribution in [-0.4, -0.2) is 62.9 Å². The molecule has 1 heterocycles. The summed E-state index contributed by atoms with van der Waals surface area (Å²) < 4.78 is 14.9. The number of esters is 2. The molecule has 6 nitrogen and oxygen atoms in total. The van der Waals surface area contributed by atoms with Gasteiger partial charge < -0.3 is 14.2 Å². The lowest BCUT2D eigenvalue weighted by Crippen LogP contribution is -2.36. The van der Waals surface area contributed by atoms with Crippen molar-refractivity contribution < 1.29 is 23.8 Å². The number of ether oxygens (including phenoxy) is 3. The number of morpholine rings is 1. The third-order valence-corrected chi connectivity index (χ3v) is 2.86. The van der Waals surface area contributed by atoms with E-state index >= 15 is 0 Å². The van der Waals surface area contributed by atoms with Gasteiger partial charge in [-0.2, -0.15) is 0 Å². The van der Waals surface area contributed by atoms with Crippen molar-refractivity contribution in [3.8, 4) is 0 Å². The second-order valence-electron chi connectivity index (χ2n) is 4.41. The molecule has 6 heteroatoms. The highest BCUT2D eigenvalue weighted by molar-refractivity contribution is 5.91. The molecule has 0 aromatic carbocycles. The maximum atomic E-state index is 11.3. The van der Waals surface area contributed by atoms with Crippen molar-refractivity contribution in [1.29, 1.82) is 0 Å². The molecule has 0 N–H and O–H groups in total. The number of carbonyl (C=O) groups excluding carboxylic acids is 2. The number of nitrogens with zero attached hydrogens (tertiary/aromatic N) is 1. The number of rotatable bonds is 8. The molecule has 0 aromatic rings. The summed E-state index contributed by atoms with van der Waals surface area (Å²) in [6, 6.07) is 0. The second-order valence-corrected chi connectivity index (χ2v) is 4.41. The maximum absolute atomic E-state index is 11.3. The summed E-state index contributed by atoms with van der Waals surface area (Å²) in [7, 11) is 0. The molecule has 0 amide bonds. The zero-order valence-corrected chi connectivity index (χ0v) is 12.0. The van der Waals surface area contributed by atoms with Crippen molar-refractivity contribution in [2.24, 2.45) is 0 Å². The number of unbranched alkanes of at least 4 members (excludes halogenated alkanes) is 1. The van der Waals surface area contributed by atoms with Crippen LogP contribution in [-0.2, 0) is 23.8 Å². The molecule has 114 valence electrons. The van der Waals surface area contributed by atoms with Crippen LogP contribution in [0.15, 0.2) is 12.2 Å². The standard InChI is InChI=1S/C14H23NO5/c1-2-19-13(16)5-6-14(17)20-10-4-3-7-15-8-11-18-12-9-15/h5-6H,2-4,7-12H2,1H3. The molecule has 1 aliphatic rings. The zero-order valence-electron chi connectivity index (χ0n) is 12.0.